The lowest BCUT2D eigenvalue weighted by atomic mass is 10.1. The molecule has 4 aromatic rings. The third-order valence-electron chi connectivity index (χ3n) is 4.60. The van der Waals surface area contributed by atoms with Crippen LogP contribution >= 0.6 is 0 Å². The number of ether oxygens (including phenoxy) is 2. The molecule has 0 atom stereocenters. The van der Waals surface area contributed by atoms with Gasteiger partial charge in [-0.2, -0.15) is 0 Å². The summed E-state index contributed by atoms with van der Waals surface area (Å²) in [5.41, 5.74) is 0.780. The van der Waals surface area contributed by atoms with Gasteiger partial charge in [0, 0.05) is 23.8 Å². The molecule has 1 aromatic heterocycles. The highest BCUT2D eigenvalue weighted by Crippen LogP contribution is 2.26. The van der Waals surface area contributed by atoms with Crippen LogP contribution in [0.25, 0.3) is 22.3 Å². The van der Waals surface area contributed by atoms with Gasteiger partial charge in [0.15, 0.2) is 5.43 Å². The number of nitro groups is 1. The standard InChI is InChI=1S/C23H15NO7/c1-29-17-8-4-14(5-9-17)22-13-20(25)19-12-18(10-11-21(19)31-22)30-23(26)15-2-6-16(7-3-15)24(27)28/h2-13H,1H3. The molecule has 0 amide bonds. The van der Waals surface area contributed by atoms with E-state index in [2.05, 4.69) is 0 Å². The molecule has 0 spiro atoms. The topological polar surface area (TPSA) is 109 Å². The van der Waals surface area contributed by atoms with Gasteiger partial charge in [-0.15, -0.1) is 0 Å². The van der Waals surface area contributed by atoms with E-state index < -0.39 is 10.9 Å². The van der Waals surface area contributed by atoms with E-state index in [0.29, 0.717) is 22.7 Å². The van der Waals surface area contributed by atoms with E-state index in [1.54, 1.807) is 37.4 Å². The van der Waals surface area contributed by atoms with E-state index in [1.807, 2.05) is 0 Å². The Kier molecular flexibility index (Phi) is 5.19. The van der Waals surface area contributed by atoms with Gasteiger partial charge in [-0.1, -0.05) is 0 Å². The van der Waals surface area contributed by atoms with Crippen molar-refractivity contribution in [2.45, 2.75) is 0 Å². The van der Waals surface area contributed by atoms with Crippen LogP contribution in [0.1, 0.15) is 10.4 Å². The van der Waals surface area contributed by atoms with Crippen molar-refractivity contribution in [2.24, 2.45) is 0 Å². The predicted octanol–water partition coefficient (Wildman–Crippen LogP) is 4.60. The van der Waals surface area contributed by atoms with Gasteiger partial charge >= 0.3 is 5.97 Å². The fourth-order valence-corrected chi connectivity index (χ4v) is 2.98. The summed E-state index contributed by atoms with van der Waals surface area (Å²) < 4.78 is 16.3. The van der Waals surface area contributed by atoms with Crippen molar-refractivity contribution in [3.8, 4) is 22.8 Å². The van der Waals surface area contributed by atoms with Crippen LogP contribution in [-0.4, -0.2) is 18.0 Å². The molecule has 8 heteroatoms. The van der Waals surface area contributed by atoms with Crippen LogP contribution in [0, 0.1) is 10.1 Å². The number of hydrogen-bond acceptors (Lipinski definition) is 7. The Morgan fingerprint density at radius 2 is 1.61 bits per heavy atom. The molecule has 154 valence electrons. The third-order valence-corrected chi connectivity index (χ3v) is 4.60. The number of esters is 1. The Bertz CT molecular complexity index is 1340. The molecule has 0 radical (unpaired) electrons. The Balaban J connectivity index is 1.60. The number of carbonyl (C=O) groups excluding carboxylic acids is 1. The summed E-state index contributed by atoms with van der Waals surface area (Å²) in [7, 11) is 1.57. The molecule has 0 bridgehead atoms. The van der Waals surface area contributed by atoms with Gasteiger partial charge in [-0.25, -0.2) is 4.79 Å². The molecule has 0 aliphatic heterocycles. The second-order valence-corrected chi connectivity index (χ2v) is 6.55. The summed E-state index contributed by atoms with van der Waals surface area (Å²) in [5.74, 6) is 0.538. The smallest absolute Gasteiger partial charge is 0.343 e. The van der Waals surface area contributed by atoms with E-state index in [4.69, 9.17) is 13.9 Å². The van der Waals surface area contributed by atoms with Crippen molar-refractivity contribution in [1.29, 1.82) is 0 Å². The number of non-ortho nitro benzene ring substituents is 1. The van der Waals surface area contributed by atoms with Gasteiger partial charge in [0.25, 0.3) is 5.69 Å². The van der Waals surface area contributed by atoms with Crippen LogP contribution in [0.4, 0.5) is 5.69 Å². The van der Waals surface area contributed by atoms with Gasteiger partial charge in [0.05, 0.1) is 23.0 Å². The minimum atomic E-state index is -0.700. The highest BCUT2D eigenvalue weighted by molar-refractivity contribution is 5.92. The molecule has 31 heavy (non-hydrogen) atoms. The Hall–Kier alpha value is -4.46. The maximum absolute atomic E-state index is 12.6. The molecule has 4 rings (SSSR count). The number of methoxy groups -OCH3 is 1. The maximum Gasteiger partial charge on any atom is 0.343 e. The van der Waals surface area contributed by atoms with E-state index in [9.17, 15) is 19.7 Å². The number of nitro benzene ring substituents is 1. The first-order chi connectivity index (χ1) is 14.9. The number of fused-ring (bicyclic) bond motifs is 1. The number of carbonyl (C=O) groups is 1. The van der Waals surface area contributed by atoms with Crippen molar-refractivity contribution >= 4 is 22.6 Å². The zero-order valence-corrected chi connectivity index (χ0v) is 16.2. The fourth-order valence-electron chi connectivity index (χ4n) is 2.98. The Morgan fingerprint density at radius 3 is 2.26 bits per heavy atom. The van der Waals surface area contributed by atoms with Crippen molar-refractivity contribution in [3.05, 3.63) is 98.7 Å². The summed E-state index contributed by atoms with van der Waals surface area (Å²) in [5, 5.41) is 11.0. The molecular weight excluding hydrogens is 402 g/mol. The molecule has 0 saturated carbocycles. The second kappa shape index (κ2) is 8.11. The van der Waals surface area contributed by atoms with Crippen LogP contribution in [0.5, 0.6) is 11.5 Å². The third kappa shape index (κ3) is 4.13. The molecular formula is C23H15NO7. The summed E-state index contributed by atoms with van der Waals surface area (Å²) in [6.45, 7) is 0. The van der Waals surface area contributed by atoms with Crippen molar-refractivity contribution in [2.75, 3.05) is 7.11 Å². The van der Waals surface area contributed by atoms with Crippen molar-refractivity contribution in [1.82, 2.24) is 0 Å². The number of nitrogens with zero attached hydrogens (tertiary/aromatic N) is 1. The molecule has 0 aliphatic carbocycles. The molecule has 0 saturated heterocycles. The van der Waals surface area contributed by atoms with E-state index >= 15 is 0 Å². The van der Waals surface area contributed by atoms with Crippen molar-refractivity contribution < 1.29 is 23.6 Å². The molecule has 0 N–H and O–H groups in total. The average Bonchev–Trinajstić information content (AvgIpc) is 2.79. The summed E-state index contributed by atoms with van der Waals surface area (Å²) in [6.07, 6.45) is 0. The molecule has 0 unspecified atom stereocenters. The normalized spacial score (nSPS) is 10.6. The summed E-state index contributed by atoms with van der Waals surface area (Å²) in [6, 6.07) is 18.0. The zero-order chi connectivity index (χ0) is 22.0. The second-order valence-electron chi connectivity index (χ2n) is 6.55. The monoisotopic (exact) mass is 417 g/mol. The minimum absolute atomic E-state index is 0.132. The van der Waals surface area contributed by atoms with E-state index in [0.717, 1.165) is 0 Å². The van der Waals surface area contributed by atoms with Gasteiger partial charge in [-0.05, 0) is 54.6 Å². The SMILES string of the molecule is COc1ccc(-c2cc(=O)c3cc(OC(=O)c4ccc([N+](=O)[O-])cc4)ccc3o2)cc1. The molecule has 1 heterocycles. The quantitative estimate of drug-likeness (QED) is 0.202. The van der Waals surface area contributed by atoms with Gasteiger partial charge < -0.3 is 13.9 Å². The summed E-state index contributed by atoms with van der Waals surface area (Å²) >= 11 is 0. The van der Waals surface area contributed by atoms with Crippen LogP contribution in [0.2, 0.25) is 0 Å². The highest BCUT2D eigenvalue weighted by atomic mass is 16.6. The van der Waals surface area contributed by atoms with Crippen LogP contribution in [-0.2, 0) is 0 Å². The first kappa shape index (κ1) is 19.8. The lowest BCUT2D eigenvalue weighted by Crippen LogP contribution is -2.09. The van der Waals surface area contributed by atoms with Gasteiger partial charge in [-0.3, -0.25) is 14.9 Å². The van der Waals surface area contributed by atoms with Gasteiger partial charge in [0.1, 0.15) is 22.8 Å². The lowest BCUT2D eigenvalue weighted by Gasteiger charge is -2.07. The Labute approximate surface area is 175 Å². The minimum Gasteiger partial charge on any atom is -0.497 e. The molecule has 0 fully saturated rings. The molecule has 8 nitrogen and oxygen atoms in total. The van der Waals surface area contributed by atoms with Gasteiger partial charge in [0.2, 0.25) is 0 Å². The first-order valence-corrected chi connectivity index (χ1v) is 9.13. The number of benzene rings is 3. The zero-order valence-electron chi connectivity index (χ0n) is 16.2. The molecule has 3 aromatic carbocycles. The van der Waals surface area contributed by atoms with E-state index in [1.165, 1.54) is 42.5 Å². The first-order valence-electron chi connectivity index (χ1n) is 9.13. The highest BCUT2D eigenvalue weighted by Gasteiger charge is 2.13. The summed E-state index contributed by atoms with van der Waals surface area (Å²) in [4.78, 5) is 35.1. The number of rotatable bonds is 5. The van der Waals surface area contributed by atoms with Crippen molar-refractivity contribution in [3.63, 3.8) is 0 Å². The lowest BCUT2D eigenvalue weighted by molar-refractivity contribution is -0.384. The fraction of sp³-hybridized carbons (Fsp3) is 0.0435. The molecule has 0 aliphatic rings. The number of hydrogen-bond donors (Lipinski definition) is 0. The average molecular weight is 417 g/mol. The largest absolute Gasteiger partial charge is 0.497 e. The van der Waals surface area contributed by atoms with E-state index in [-0.39, 0.29) is 27.8 Å². The Morgan fingerprint density at radius 1 is 0.935 bits per heavy atom. The van der Waals surface area contributed by atoms with Crippen LogP contribution < -0.4 is 14.9 Å². The predicted molar refractivity (Wildman–Crippen MR) is 113 cm³/mol. The van der Waals surface area contributed by atoms with Crippen LogP contribution in [0.3, 0.4) is 0 Å². The maximum atomic E-state index is 12.6. The van der Waals surface area contributed by atoms with Crippen LogP contribution in [0.15, 0.2) is 82.0 Å².